The molecule has 0 bridgehead atoms. The molecule has 3 unspecified atom stereocenters. The Morgan fingerprint density at radius 1 is 1.25 bits per heavy atom. The number of rotatable bonds is 3. The zero-order valence-electron chi connectivity index (χ0n) is 12.2. The second kappa shape index (κ2) is 6.31. The molecule has 3 atom stereocenters. The monoisotopic (exact) mass is 293 g/mol. The Morgan fingerprint density at radius 3 is 2.90 bits per heavy atom. The Hall–Kier alpha value is -0.800. The van der Waals surface area contributed by atoms with Gasteiger partial charge in [-0.2, -0.15) is 0 Å². The number of halogens is 1. The van der Waals surface area contributed by atoms with Crippen LogP contribution in [0.15, 0.2) is 12.3 Å². The van der Waals surface area contributed by atoms with Gasteiger partial charge in [-0.15, -0.1) is 0 Å². The summed E-state index contributed by atoms with van der Waals surface area (Å²) in [7, 11) is 0. The molecular formula is C16H24ClN3. The van der Waals surface area contributed by atoms with Crippen molar-refractivity contribution < 1.29 is 0 Å². The van der Waals surface area contributed by atoms with Crippen LogP contribution in [0, 0.1) is 12.8 Å². The number of nitrogens with zero attached hydrogens (tertiary/aromatic N) is 1. The van der Waals surface area contributed by atoms with Gasteiger partial charge in [-0.05, 0) is 56.7 Å². The molecule has 110 valence electrons. The van der Waals surface area contributed by atoms with E-state index in [9.17, 15) is 0 Å². The molecule has 1 aromatic rings. The Labute approximate surface area is 126 Å². The van der Waals surface area contributed by atoms with Crippen molar-refractivity contribution in [3.8, 4) is 0 Å². The summed E-state index contributed by atoms with van der Waals surface area (Å²) in [6.07, 6.45) is 9.71. The Kier molecular flexibility index (Phi) is 4.47. The fourth-order valence-corrected chi connectivity index (χ4v) is 3.91. The van der Waals surface area contributed by atoms with Crippen molar-refractivity contribution in [2.45, 2.75) is 57.5 Å². The van der Waals surface area contributed by atoms with E-state index in [0.29, 0.717) is 17.2 Å². The van der Waals surface area contributed by atoms with Crippen LogP contribution in [0.3, 0.4) is 0 Å². The molecule has 0 aromatic carbocycles. The molecule has 1 saturated heterocycles. The first-order valence-corrected chi connectivity index (χ1v) is 8.24. The lowest BCUT2D eigenvalue weighted by atomic mass is 9.79. The van der Waals surface area contributed by atoms with Crippen LogP contribution in [-0.4, -0.2) is 23.6 Å². The van der Waals surface area contributed by atoms with E-state index >= 15 is 0 Å². The van der Waals surface area contributed by atoms with Crippen LogP contribution in [-0.2, 0) is 0 Å². The molecule has 2 heterocycles. The molecule has 0 amide bonds. The molecule has 2 fully saturated rings. The van der Waals surface area contributed by atoms with Crippen LogP contribution in [0.25, 0.3) is 0 Å². The second-order valence-electron chi connectivity index (χ2n) is 6.25. The van der Waals surface area contributed by atoms with Crippen LogP contribution >= 0.6 is 11.6 Å². The average Bonchev–Trinajstić information content (AvgIpc) is 2.97. The van der Waals surface area contributed by atoms with Crippen molar-refractivity contribution in [1.82, 2.24) is 10.3 Å². The number of anilines is 1. The number of hydrogen-bond acceptors (Lipinski definition) is 3. The van der Waals surface area contributed by atoms with Crippen molar-refractivity contribution in [3.63, 3.8) is 0 Å². The molecule has 0 radical (unpaired) electrons. The van der Waals surface area contributed by atoms with Crippen LogP contribution in [0.1, 0.15) is 44.1 Å². The van der Waals surface area contributed by atoms with Gasteiger partial charge in [0.25, 0.3) is 0 Å². The zero-order chi connectivity index (χ0) is 13.9. The summed E-state index contributed by atoms with van der Waals surface area (Å²) in [6.45, 7) is 3.24. The van der Waals surface area contributed by atoms with Crippen molar-refractivity contribution in [2.24, 2.45) is 5.92 Å². The molecule has 20 heavy (non-hydrogen) atoms. The summed E-state index contributed by atoms with van der Waals surface area (Å²) in [4.78, 5) is 4.25. The van der Waals surface area contributed by atoms with Crippen LogP contribution in [0.2, 0.25) is 5.15 Å². The van der Waals surface area contributed by atoms with Gasteiger partial charge in [0, 0.05) is 18.3 Å². The summed E-state index contributed by atoms with van der Waals surface area (Å²) in [5.41, 5.74) is 2.16. The molecule has 1 aliphatic heterocycles. The first kappa shape index (κ1) is 14.2. The maximum atomic E-state index is 6.23. The zero-order valence-corrected chi connectivity index (χ0v) is 12.9. The molecule has 1 saturated carbocycles. The molecular weight excluding hydrogens is 270 g/mol. The lowest BCUT2D eigenvalue weighted by Gasteiger charge is -2.37. The maximum Gasteiger partial charge on any atom is 0.152 e. The minimum atomic E-state index is 0.528. The first-order chi connectivity index (χ1) is 9.74. The predicted octanol–water partition coefficient (Wildman–Crippen LogP) is 3.77. The third-order valence-electron chi connectivity index (χ3n) is 4.75. The summed E-state index contributed by atoms with van der Waals surface area (Å²) >= 11 is 6.23. The molecule has 2 aliphatic rings. The number of pyridine rings is 1. The van der Waals surface area contributed by atoms with E-state index in [2.05, 4.69) is 28.6 Å². The normalized spacial score (nSPS) is 30.4. The first-order valence-electron chi connectivity index (χ1n) is 7.86. The largest absolute Gasteiger partial charge is 0.379 e. The molecule has 3 rings (SSSR count). The van der Waals surface area contributed by atoms with Gasteiger partial charge < -0.3 is 10.6 Å². The van der Waals surface area contributed by atoms with Crippen LogP contribution in [0.4, 0.5) is 5.69 Å². The van der Waals surface area contributed by atoms with Crippen molar-refractivity contribution in [3.05, 3.63) is 23.0 Å². The van der Waals surface area contributed by atoms with Gasteiger partial charge in [0.2, 0.25) is 0 Å². The number of aryl methyl sites for hydroxylation is 1. The van der Waals surface area contributed by atoms with E-state index in [4.69, 9.17) is 11.6 Å². The van der Waals surface area contributed by atoms with E-state index in [1.807, 2.05) is 6.20 Å². The van der Waals surface area contributed by atoms with Gasteiger partial charge >= 0.3 is 0 Å². The third-order valence-corrected chi connectivity index (χ3v) is 5.05. The summed E-state index contributed by atoms with van der Waals surface area (Å²) < 4.78 is 0. The lowest BCUT2D eigenvalue weighted by molar-refractivity contribution is 0.262. The molecule has 4 heteroatoms. The third kappa shape index (κ3) is 3.09. The number of hydrogen-bond donors (Lipinski definition) is 2. The Balaban J connectivity index is 1.74. The molecule has 3 nitrogen and oxygen atoms in total. The maximum absolute atomic E-state index is 6.23. The van der Waals surface area contributed by atoms with Crippen molar-refractivity contribution in [2.75, 3.05) is 11.9 Å². The molecule has 1 aromatic heterocycles. The van der Waals surface area contributed by atoms with Gasteiger partial charge in [-0.1, -0.05) is 24.4 Å². The van der Waals surface area contributed by atoms with Crippen molar-refractivity contribution >= 4 is 17.3 Å². The topological polar surface area (TPSA) is 37.0 Å². The highest BCUT2D eigenvalue weighted by molar-refractivity contribution is 6.31. The summed E-state index contributed by atoms with van der Waals surface area (Å²) in [5, 5.41) is 7.96. The SMILES string of the molecule is Cc1cnc(Cl)c(NC2CCCCC2C2CCCN2)c1. The Morgan fingerprint density at radius 2 is 2.10 bits per heavy atom. The van der Waals surface area contributed by atoms with Gasteiger partial charge in [0.1, 0.15) is 0 Å². The minimum absolute atomic E-state index is 0.528. The summed E-state index contributed by atoms with van der Waals surface area (Å²) in [6, 6.07) is 3.33. The van der Waals surface area contributed by atoms with Gasteiger partial charge in [-0.3, -0.25) is 0 Å². The van der Waals surface area contributed by atoms with E-state index in [1.165, 1.54) is 45.1 Å². The van der Waals surface area contributed by atoms with E-state index < -0.39 is 0 Å². The number of nitrogens with one attached hydrogen (secondary N) is 2. The fourth-order valence-electron chi connectivity index (χ4n) is 3.75. The van der Waals surface area contributed by atoms with Gasteiger partial charge in [0.05, 0.1) is 5.69 Å². The molecule has 2 N–H and O–H groups in total. The second-order valence-corrected chi connectivity index (χ2v) is 6.61. The van der Waals surface area contributed by atoms with E-state index in [-0.39, 0.29) is 0 Å². The number of aromatic nitrogens is 1. The van der Waals surface area contributed by atoms with E-state index in [1.54, 1.807) is 0 Å². The average molecular weight is 294 g/mol. The quantitative estimate of drug-likeness (QED) is 0.833. The van der Waals surface area contributed by atoms with Crippen molar-refractivity contribution in [1.29, 1.82) is 0 Å². The van der Waals surface area contributed by atoms with Crippen LogP contribution < -0.4 is 10.6 Å². The highest BCUT2D eigenvalue weighted by atomic mass is 35.5. The standard InChI is InChI=1S/C16H24ClN3/c1-11-9-15(16(17)19-10-11)20-14-6-3-2-5-12(14)13-7-4-8-18-13/h9-10,12-14,18,20H,2-8H2,1H3. The van der Waals surface area contributed by atoms with Gasteiger partial charge in [-0.25, -0.2) is 4.98 Å². The lowest BCUT2D eigenvalue weighted by Crippen LogP contribution is -2.43. The van der Waals surface area contributed by atoms with Gasteiger partial charge in [0.15, 0.2) is 5.15 Å². The molecule has 1 aliphatic carbocycles. The smallest absolute Gasteiger partial charge is 0.152 e. The minimum Gasteiger partial charge on any atom is -0.379 e. The highest BCUT2D eigenvalue weighted by Crippen LogP contribution is 2.33. The summed E-state index contributed by atoms with van der Waals surface area (Å²) in [5.74, 6) is 0.725. The van der Waals surface area contributed by atoms with Crippen LogP contribution in [0.5, 0.6) is 0 Å². The highest BCUT2D eigenvalue weighted by Gasteiger charge is 2.33. The fraction of sp³-hybridized carbons (Fsp3) is 0.688. The predicted molar refractivity (Wildman–Crippen MR) is 84.4 cm³/mol. The molecule has 0 spiro atoms. The Bertz CT molecular complexity index is 457. The van der Waals surface area contributed by atoms with E-state index in [0.717, 1.165) is 17.2 Å².